The number of aliphatic hydroxyl groups is 1. The van der Waals surface area contributed by atoms with Crippen LogP contribution in [-0.2, 0) is 9.84 Å². The zero-order valence-electron chi connectivity index (χ0n) is 12.3. The lowest BCUT2D eigenvalue weighted by Gasteiger charge is -2.36. The number of aryl methyl sites for hydroxylation is 1. The summed E-state index contributed by atoms with van der Waals surface area (Å²) >= 11 is 6.28. The topological polar surface area (TPSA) is 60.9 Å². The van der Waals surface area contributed by atoms with E-state index in [4.69, 9.17) is 16.7 Å². The van der Waals surface area contributed by atoms with E-state index in [0.29, 0.717) is 11.6 Å². The van der Waals surface area contributed by atoms with Crippen LogP contribution in [0, 0.1) is 6.92 Å². The fraction of sp³-hybridized carbons (Fsp3) is 0.571. The Kier molecular flexibility index (Phi) is 5.14. The first kappa shape index (κ1) is 16.5. The molecule has 1 heterocycles. The van der Waals surface area contributed by atoms with Crippen molar-refractivity contribution >= 4 is 27.1 Å². The van der Waals surface area contributed by atoms with Gasteiger partial charge in [-0.2, -0.15) is 0 Å². The molecule has 118 valence electrons. The van der Waals surface area contributed by atoms with Crippen LogP contribution in [0.25, 0.3) is 0 Å². The summed E-state index contributed by atoms with van der Waals surface area (Å²) in [5.41, 5.74) is 1.60. The van der Waals surface area contributed by atoms with Crippen molar-refractivity contribution in [3.05, 3.63) is 22.7 Å². The van der Waals surface area contributed by atoms with Crippen LogP contribution in [0.3, 0.4) is 0 Å². The van der Waals surface area contributed by atoms with Crippen LogP contribution in [-0.4, -0.2) is 64.0 Å². The standard InChI is InChI=1S/C14H21ClN2O3S/c1-11-9-13(12(15)10-14(11)21(2,19)20)17-5-3-16(4-6-17)7-8-18/h9-10,18H,3-8H2,1-2H3. The largest absolute Gasteiger partial charge is 0.395 e. The van der Waals surface area contributed by atoms with E-state index in [9.17, 15) is 8.42 Å². The van der Waals surface area contributed by atoms with Gasteiger partial charge in [0, 0.05) is 39.0 Å². The van der Waals surface area contributed by atoms with Crippen LogP contribution in [0.2, 0.25) is 5.02 Å². The quantitative estimate of drug-likeness (QED) is 0.896. The molecule has 1 aliphatic rings. The summed E-state index contributed by atoms with van der Waals surface area (Å²) in [6, 6.07) is 3.39. The molecule has 1 N–H and O–H groups in total. The van der Waals surface area contributed by atoms with Gasteiger partial charge < -0.3 is 10.0 Å². The normalized spacial score (nSPS) is 17.2. The first-order valence-corrected chi connectivity index (χ1v) is 9.18. The molecule has 2 rings (SSSR count). The van der Waals surface area contributed by atoms with E-state index >= 15 is 0 Å². The van der Waals surface area contributed by atoms with Gasteiger partial charge in [-0.15, -0.1) is 0 Å². The molecule has 5 nitrogen and oxygen atoms in total. The number of rotatable bonds is 4. The highest BCUT2D eigenvalue weighted by Gasteiger charge is 2.21. The van der Waals surface area contributed by atoms with Crippen molar-refractivity contribution in [1.82, 2.24) is 4.90 Å². The smallest absolute Gasteiger partial charge is 0.175 e. The lowest BCUT2D eigenvalue weighted by Crippen LogP contribution is -2.47. The number of sulfone groups is 1. The number of piperazine rings is 1. The van der Waals surface area contributed by atoms with Crippen LogP contribution < -0.4 is 4.90 Å². The van der Waals surface area contributed by atoms with Crippen molar-refractivity contribution in [2.45, 2.75) is 11.8 Å². The molecule has 0 unspecified atom stereocenters. The first-order valence-electron chi connectivity index (χ1n) is 6.91. The first-order chi connectivity index (χ1) is 9.82. The van der Waals surface area contributed by atoms with Crippen molar-refractivity contribution in [2.75, 3.05) is 50.5 Å². The lowest BCUT2D eigenvalue weighted by atomic mass is 10.2. The average molecular weight is 333 g/mol. The Hall–Kier alpha value is -0.820. The van der Waals surface area contributed by atoms with E-state index in [1.54, 1.807) is 13.0 Å². The predicted octanol–water partition coefficient (Wildman–Crippen LogP) is 1.17. The molecule has 0 amide bonds. The number of β-amino-alcohol motifs (C(OH)–C–C–N with tert-alkyl or cyclic N) is 1. The molecule has 0 bridgehead atoms. The van der Waals surface area contributed by atoms with E-state index in [0.717, 1.165) is 37.4 Å². The van der Waals surface area contributed by atoms with E-state index < -0.39 is 9.84 Å². The Balaban J connectivity index is 2.21. The predicted molar refractivity (Wildman–Crippen MR) is 85.0 cm³/mol. The van der Waals surface area contributed by atoms with Crippen LogP contribution in [0.5, 0.6) is 0 Å². The van der Waals surface area contributed by atoms with Crippen molar-refractivity contribution < 1.29 is 13.5 Å². The van der Waals surface area contributed by atoms with Crippen LogP contribution in [0.4, 0.5) is 5.69 Å². The second-order valence-electron chi connectivity index (χ2n) is 5.39. The molecule has 0 aliphatic carbocycles. The molecule has 1 aromatic carbocycles. The number of halogens is 1. The highest BCUT2D eigenvalue weighted by Crippen LogP contribution is 2.31. The van der Waals surface area contributed by atoms with Gasteiger partial charge in [-0.3, -0.25) is 4.90 Å². The Labute approximate surface area is 131 Å². The Bertz CT molecular complexity index is 611. The summed E-state index contributed by atoms with van der Waals surface area (Å²) < 4.78 is 23.4. The molecule has 0 aromatic heterocycles. The van der Waals surface area contributed by atoms with Gasteiger partial charge in [-0.05, 0) is 24.6 Å². The molecule has 1 fully saturated rings. The fourth-order valence-corrected chi connectivity index (χ4v) is 3.97. The van der Waals surface area contributed by atoms with Crippen LogP contribution >= 0.6 is 11.6 Å². The fourth-order valence-electron chi connectivity index (χ4n) is 2.64. The summed E-state index contributed by atoms with van der Waals surface area (Å²) in [4.78, 5) is 4.65. The van der Waals surface area contributed by atoms with Gasteiger partial charge in [0.05, 0.1) is 22.2 Å². The molecule has 1 saturated heterocycles. The summed E-state index contributed by atoms with van der Waals surface area (Å²) in [5.74, 6) is 0. The lowest BCUT2D eigenvalue weighted by molar-refractivity contribution is 0.189. The molecule has 0 atom stereocenters. The molecule has 0 saturated carbocycles. The number of hydrogen-bond acceptors (Lipinski definition) is 5. The number of hydrogen-bond donors (Lipinski definition) is 1. The third-order valence-corrected chi connectivity index (χ3v) is 5.31. The molecule has 0 radical (unpaired) electrons. The number of anilines is 1. The summed E-state index contributed by atoms with van der Waals surface area (Å²) in [5, 5.41) is 9.42. The minimum Gasteiger partial charge on any atom is -0.395 e. The van der Waals surface area contributed by atoms with Gasteiger partial charge in [0.15, 0.2) is 9.84 Å². The Morgan fingerprint density at radius 2 is 1.86 bits per heavy atom. The summed E-state index contributed by atoms with van der Waals surface area (Å²) in [7, 11) is -3.26. The van der Waals surface area contributed by atoms with Gasteiger partial charge in [-0.1, -0.05) is 11.6 Å². The molecular weight excluding hydrogens is 312 g/mol. The van der Waals surface area contributed by atoms with E-state index in [2.05, 4.69) is 9.80 Å². The minimum atomic E-state index is -3.26. The van der Waals surface area contributed by atoms with Crippen LogP contribution in [0.1, 0.15) is 5.56 Å². The molecule has 21 heavy (non-hydrogen) atoms. The van der Waals surface area contributed by atoms with Crippen molar-refractivity contribution in [1.29, 1.82) is 0 Å². The SMILES string of the molecule is Cc1cc(N2CCN(CCO)CC2)c(Cl)cc1S(C)(=O)=O. The maximum absolute atomic E-state index is 11.7. The van der Waals surface area contributed by atoms with Gasteiger partial charge in [0.25, 0.3) is 0 Å². The van der Waals surface area contributed by atoms with Crippen molar-refractivity contribution in [3.8, 4) is 0 Å². The average Bonchev–Trinajstić information content (AvgIpc) is 2.41. The summed E-state index contributed by atoms with van der Waals surface area (Å²) in [6.07, 6.45) is 1.19. The zero-order valence-corrected chi connectivity index (χ0v) is 13.9. The van der Waals surface area contributed by atoms with Gasteiger partial charge in [0.2, 0.25) is 0 Å². The molecule has 1 aromatic rings. The van der Waals surface area contributed by atoms with Gasteiger partial charge in [-0.25, -0.2) is 8.42 Å². The van der Waals surface area contributed by atoms with E-state index in [1.807, 2.05) is 6.07 Å². The monoisotopic (exact) mass is 332 g/mol. The van der Waals surface area contributed by atoms with E-state index in [-0.39, 0.29) is 11.5 Å². The highest BCUT2D eigenvalue weighted by molar-refractivity contribution is 7.90. The second-order valence-corrected chi connectivity index (χ2v) is 7.78. The molecule has 1 aliphatic heterocycles. The van der Waals surface area contributed by atoms with Gasteiger partial charge in [0.1, 0.15) is 0 Å². The maximum atomic E-state index is 11.7. The summed E-state index contributed by atoms with van der Waals surface area (Å²) in [6.45, 7) is 6.01. The van der Waals surface area contributed by atoms with Crippen LogP contribution in [0.15, 0.2) is 17.0 Å². The highest BCUT2D eigenvalue weighted by atomic mass is 35.5. The van der Waals surface area contributed by atoms with E-state index in [1.165, 1.54) is 6.26 Å². The molecule has 7 heteroatoms. The maximum Gasteiger partial charge on any atom is 0.175 e. The third-order valence-electron chi connectivity index (χ3n) is 3.77. The number of nitrogens with zero attached hydrogens (tertiary/aromatic N) is 2. The minimum absolute atomic E-state index is 0.170. The Morgan fingerprint density at radius 1 is 1.24 bits per heavy atom. The van der Waals surface area contributed by atoms with Crippen molar-refractivity contribution in [3.63, 3.8) is 0 Å². The number of aliphatic hydroxyl groups excluding tert-OH is 1. The zero-order chi connectivity index (χ0) is 15.6. The molecule has 0 spiro atoms. The third kappa shape index (κ3) is 3.88. The second kappa shape index (κ2) is 6.52. The number of benzene rings is 1. The Morgan fingerprint density at radius 3 is 2.38 bits per heavy atom. The molecular formula is C14H21ClN2O3S. The van der Waals surface area contributed by atoms with Crippen molar-refractivity contribution in [2.24, 2.45) is 0 Å². The van der Waals surface area contributed by atoms with Gasteiger partial charge >= 0.3 is 0 Å².